The molecule has 1 atom stereocenters. The van der Waals surface area contributed by atoms with Crippen molar-refractivity contribution in [2.75, 3.05) is 11.4 Å². The number of fused-ring (bicyclic) bond motifs is 4. The van der Waals surface area contributed by atoms with Gasteiger partial charge >= 0.3 is 0 Å². The molecule has 132 valence electrons. The highest BCUT2D eigenvalue weighted by molar-refractivity contribution is 8.00. The molecule has 0 spiro atoms. The summed E-state index contributed by atoms with van der Waals surface area (Å²) in [7, 11) is 0. The highest BCUT2D eigenvalue weighted by Crippen LogP contribution is 2.41. The third-order valence-corrected chi connectivity index (χ3v) is 7.54. The second-order valence-corrected chi connectivity index (χ2v) is 9.26. The van der Waals surface area contributed by atoms with E-state index in [0.29, 0.717) is 0 Å². The zero-order valence-electron chi connectivity index (χ0n) is 14.6. The van der Waals surface area contributed by atoms with E-state index in [4.69, 9.17) is 0 Å². The fraction of sp³-hybridized carbons (Fsp3) is 0.350. The van der Waals surface area contributed by atoms with Gasteiger partial charge in [0.2, 0.25) is 5.91 Å². The molecule has 1 aliphatic heterocycles. The van der Waals surface area contributed by atoms with Crippen LogP contribution in [0.5, 0.6) is 0 Å². The molecule has 0 fully saturated rings. The number of para-hydroxylation sites is 1. The lowest BCUT2D eigenvalue weighted by atomic mass is 10.2. The number of rotatable bonds is 3. The first kappa shape index (κ1) is 16.3. The largest absolute Gasteiger partial charge is 0.311 e. The van der Waals surface area contributed by atoms with Crippen molar-refractivity contribution in [2.45, 2.75) is 42.9 Å². The number of aryl methyl sites for hydroxylation is 2. The van der Waals surface area contributed by atoms with Gasteiger partial charge in [-0.25, -0.2) is 9.97 Å². The molecule has 2 aliphatic rings. The van der Waals surface area contributed by atoms with Gasteiger partial charge in [-0.1, -0.05) is 30.0 Å². The predicted octanol–water partition coefficient (Wildman–Crippen LogP) is 4.25. The Kier molecular flexibility index (Phi) is 3.98. The Bertz CT molecular complexity index is 1010. The van der Waals surface area contributed by atoms with Crippen LogP contribution in [0.2, 0.25) is 0 Å². The Hall–Kier alpha value is -1.92. The maximum Gasteiger partial charge on any atom is 0.240 e. The van der Waals surface area contributed by atoms with Crippen molar-refractivity contribution in [2.24, 2.45) is 0 Å². The van der Waals surface area contributed by atoms with E-state index in [0.717, 1.165) is 41.4 Å². The second-order valence-electron chi connectivity index (χ2n) is 6.84. The average molecular weight is 382 g/mol. The third kappa shape index (κ3) is 2.55. The van der Waals surface area contributed by atoms with E-state index in [9.17, 15) is 4.79 Å². The quantitative estimate of drug-likeness (QED) is 0.503. The number of thiophene rings is 1. The van der Waals surface area contributed by atoms with Crippen LogP contribution in [0.1, 0.15) is 29.3 Å². The van der Waals surface area contributed by atoms with Gasteiger partial charge in [0.1, 0.15) is 16.2 Å². The summed E-state index contributed by atoms with van der Waals surface area (Å²) in [5, 5.41) is 1.98. The zero-order chi connectivity index (χ0) is 17.7. The second kappa shape index (κ2) is 6.35. The van der Waals surface area contributed by atoms with E-state index >= 15 is 0 Å². The number of anilines is 1. The van der Waals surface area contributed by atoms with Crippen LogP contribution in [0.3, 0.4) is 0 Å². The molecule has 0 saturated heterocycles. The summed E-state index contributed by atoms with van der Waals surface area (Å²) in [6.45, 7) is 2.77. The summed E-state index contributed by atoms with van der Waals surface area (Å²) >= 11 is 3.37. The Labute approximate surface area is 160 Å². The number of nitrogens with zero attached hydrogens (tertiary/aromatic N) is 3. The molecule has 0 N–H and O–H groups in total. The summed E-state index contributed by atoms with van der Waals surface area (Å²) in [5.74, 6) is 0.165. The van der Waals surface area contributed by atoms with Crippen LogP contribution in [0.15, 0.2) is 35.6 Å². The van der Waals surface area contributed by atoms with Crippen molar-refractivity contribution >= 4 is 44.9 Å². The van der Waals surface area contributed by atoms with Crippen LogP contribution in [0.4, 0.5) is 5.69 Å². The zero-order valence-corrected chi connectivity index (χ0v) is 16.2. The van der Waals surface area contributed by atoms with Gasteiger partial charge in [0, 0.05) is 22.5 Å². The SMILES string of the molecule is CC(Sc1ncnc2sc3c(c12)CCC3)C(=O)N1CCc2ccccc21. The van der Waals surface area contributed by atoms with E-state index in [2.05, 4.69) is 16.0 Å². The van der Waals surface area contributed by atoms with Gasteiger partial charge in [0.15, 0.2) is 0 Å². The Morgan fingerprint density at radius 2 is 2.12 bits per heavy atom. The van der Waals surface area contributed by atoms with Crippen LogP contribution < -0.4 is 4.90 Å². The lowest BCUT2D eigenvalue weighted by Gasteiger charge is -2.21. The average Bonchev–Trinajstić information content (AvgIpc) is 3.35. The van der Waals surface area contributed by atoms with Crippen LogP contribution in [-0.2, 0) is 24.1 Å². The Balaban J connectivity index is 1.44. The molecule has 4 nitrogen and oxygen atoms in total. The molecule has 5 rings (SSSR count). The van der Waals surface area contributed by atoms with Gasteiger partial charge in [-0.2, -0.15) is 0 Å². The maximum absolute atomic E-state index is 13.1. The summed E-state index contributed by atoms with van der Waals surface area (Å²) in [6, 6.07) is 8.21. The number of thioether (sulfide) groups is 1. The van der Waals surface area contributed by atoms with Crippen LogP contribution in [0, 0.1) is 0 Å². The number of aromatic nitrogens is 2. The lowest BCUT2D eigenvalue weighted by Crippen LogP contribution is -2.35. The van der Waals surface area contributed by atoms with Gasteiger partial charge in [0.05, 0.1) is 5.25 Å². The smallest absolute Gasteiger partial charge is 0.240 e. The number of carbonyl (C=O) groups excluding carboxylic acids is 1. The van der Waals surface area contributed by atoms with Crippen LogP contribution >= 0.6 is 23.1 Å². The van der Waals surface area contributed by atoms with E-state index in [1.165, 1.54) is 27.8 Å². The molecule has 2 aromatic heterocycles. The first-order chi connectivity index (χ1) is 12.7. The van der Waals surface area contributed by atoms with Crippen molar-refractivity contribution in [3.63, 3.8) is 0 Å². The molecular formula is C20H19N3OS2. The molecule has 6 heteroatoms. The number of hydrogen-bond donors (Lipinski definition) is 0. The van der Waals surface area contributed by atoms with Crippen molar-refractivity contribution in [1.29, 1.82) is 0 Å². The molecule has 1 aliphatic carbocycles. The van der Waals surface area contributed by atoms with E-state index in [1.54, 1.807) is 29.4 Å². The van der Waals surface area contributed by atoms with Gasteiger partial charge < -0.3 is 4.90 Å². The van der Waals surface area contributed by atoms with E-state index < -0.39 is 0 Å². The number of carbonyl (C=O) groups is 1. The van der Waals surface area contributed by atoms with Gasteiger partial charge in [-0.05, 0) is 49.8 Å². The molecule has 1 amide bonds. The summed E-state index contributed by atoms with van der Waals surface area (Å²) < 4.78 is 0. The predicted molar refractivity (Wildman–Crippen MR) is 107 cm³/mol. The molecule has 0 radical (unpaired) electrons. The molecular weight excluding hydrogens is 362 g/mol. The number of benzene rings is 1. The van der Waals surface area contributed by atoms with Crippen molar-refractivity contribution in [3.05, 3.63) is 46.6 Å². The Morgan fingerprint density at radius 3 is 3.04 bits per heavy atom. The fourth-order valence-corrected chi connectivity index (χ4v) is 6.30. The minimum atomic E-state index is -0.170. The molecule has 3 heterocycles. The van der Waals surface area contributed by atoms with Gasteiger partial charge in [-0.3, -0.25) is 4.79 Å². The molecule has 1 unspecified atom stereocenters. The van der Waals surface area contributed by atoms with Crippen molar-refractivity contribution < 1.29 is 4.79 Å². The highest BCUT2D eigenvalue weighted by atomic mass is 32.2. The maximum atomic E-state index is 13.1. The number of hydrogen-bond acceptors (Lipinski definition) is 5. The molecule has 0 saturated carbocycles. The fourth-order valence-electron chi connectivity index (χ4n) is 3.99. The first-order valence-electron chi connectivity index (χ1n) is 9.03. The molecule has 26 heavy (non-hydrogen) atoms. The summed E-state index contributed by atoms with van der Waals surface area (Å²) in [4.78, 5) is 26.5. The molecule has 0 bridgehead atoms. The topological polar surface area (TPSA) is 46.1 Å². The lowest BCUT2D eigenvalue weighted by molar-refractivity contribution is -0.117. The Morgan fingerprint density at radius 1 is 1.23 bits per heavy atom. The van der Waals surface area contributed by atoms with Crippen molar-refractivity contribution in [3.8, 4) is 0 Å². The number of amides is 1. The van der Waals surface area contributed by atoms with E-state index in [1.807, 2.05) is 30.0 Å². The minimum Gasteiger partial charge on any atom is -0.311 e. The summed E-state index contributed by atoms with van der Waals surface area (Å²) in [5.41, 5.74) is 3.74. The van der Waals surface area contributed by atoms with Crippen molar-refractivity contribution in [1.82, 2.24) is 9.97 Å². The van der Waals surface area contributed by atoms with Crippen LogP contribution in [-0.4, -0.2) is 27.7 Å². The first-order valence-corrected chi connectivity index (χ1v) is 10.7. The molecule has 1 aromatic carbocycles. The highest BCUT2D eigenvalue weighted by Gasteiger charge is 2.30. The third-order valence-electron chi connectivity index (χ3n) is 5.26. The van der Waals surface area contributed by atoms with Crippen LogP contribution in [0.25, 0.3) is 10.2 Å². The van der Waals surface area contributed by atoms with E-state index in [-0.39, 0.29) is 11.2 Å². The minimum absolute atomic E-state index is 0.165. The normalized spacial score (nSPS) is 16.7. The monoisotopic (exact) mass is 381 g/mol. The standard InChI is InChI=1S/C20H19N3OS2/c1-12(20(24)23-10-9-13-5-2-3-7-15(13)23)25-18-17-14-6-4-8-16(14)26-19(17)22-11-21-18/h2-3,5,7,11-12H,4,6,8-10H2,1H3. The summed E-state index contributed by atoms with van der Waals surface area (Å²) in [6.07, 6.45) is 6.06. The molecule has 3 aromatic rings. The van der Waals surface area contributed by atoms with Gasteiger partial charge in [-0.15, -0.1) is 11.3 Å². The van der Waals surface area contributed by atoms with Gasteiger partial charge in [0.25, 0.3) is 0 Å².